The van der Waals surface area contributed by atoms with Crippen LogP contribution in [0.5, 0.6) is 0 Å². The second-order valence-corrected chi connectivity index (χ2v) is 7.87. The molecule has 0 aliphatic rings. The van der Waals surface area contributed by atoms with Crippen molar-refractivity contribution in [2.24, 2.45) is 0 Å². The molecule has 2 aromatic carbocycles. The Morgan fingerprint density at radius 3 is 2.43 bits per heavy atom. The smallest absolute Gasteiger partial charge is 0.263 e. The van der Waals surface area contributed by atoms with Crippen molar-refractivity contribution < 1.29 is 13.5 Å². The number of hydrogen-bond donors (Lipinski definition) is 2. The summed E-state index contributed by atoms with van der Waals surface area (Å²) in [4.78, 5) is 0.119. The third kappa shape index (κ3) is 3.85. The summed E-state index contributed by atoms with van der Waals surface area (Å²) < 4.78 is 28.6. The van der Waals surface area contributed by atoms with Crippen molar-refractivity contribution in [1.29, 1.82) is 0 Å². The second kappa shape index (κ2) is 6.48. The molecule has 0 aromatic heterocycles. The fraction of sp³-hybridized carbons (Fsp3) is 0.143. The van der Waals surface area contributed by atoms with Crippen molar-refractivity contribution >= 4 is 47.6 Å². The van der Waals surface area contributed by atoms with Gasteiger partial charge < -0.3 is 5.11 Å². The number of nitrogens with one attached hydrogen (secondary N) is 1. The molecular weight excluding hydrogens is 422 g/mol. The lowest BCUT2D eigenvalue weighted by Crippen LogP contribution is -2.14. The molecular formula is C14H13Br2NO3S. The van der Waals surface area contributed by atoms with E-state index in [9.17, 15) is 8.42 Å². The third-order valence-electron chi connectivity index (χ3n) is 2.83. The first-order chi connectivity index (χ1) is 9.83. The molecule has 7 heteroatoms. The Hall–Kier alpha value is -0.890. The maximum Gasteiger partial charge on any atom is 0.263 e. The average molecular weight is 435 g/mol. The molecule has 0 unspecified atom stereocenters. The standard InChI is InChI=1S/C14H13Br2NO3S/c1-9-2-4-11(15)13(6-9)17-21(19,20)14-5-3-10(8-18)7-12(14)16/h2-7,17-18H,8H2,1H3. The summed E-state index contributed by atoms with van der Waals surface area (Å²) in [5.74, 6) is 0. The second-order valence-electron chi connectivity index (χ2n) is 4.51. The van der Waals surface area contributed by atoms with E-state index in [-0.39, 0.29) is 11.5 Å². The van der Waals surface area contributed by atoms with Gasteiger partial charge in [-0.3, -0.25) is 4.72 Å². The van der Waals surface area contributed by atoms with Gasteiger partial charge in [-0.15, -0.1) is 0 Å². The topological polar surface area (TPSA) is 66.4 Å². The lowest BCUT2D eigenvalue weighted by molar-refractivity contribution is 0.281. The van der Waals surface area contributed by atoms with Crippen molar-refractivity contribution in [3.8, 4) is 0 Å². The van der Waals surface area contributed by atoms with Gasteiger partial charge in [0.05, 0.1) is 12.3 Å². The molecule has 0 heterocycles. The summed E-state index contributed by atoms with van der Waals surface area (Å²) in [5.41, 5.74) is 2.07. The fourth-order valence-corrected chi connectivity index (χ4v) is 4.45. The van der Waals surface area contributed by atoms with Gasteiger partial charge in [0, 0.05) is 8.95 Å². The van der Waals surface area contributed by atoms with Gasteiger partial charge in [-0.05, 0) is 74.2 Å². The first-order valence-electron chi connectivity index (χ1n) is 6.02. The molecule has 0 fully saturated rings. The highest BCUT2D eigenvalue weighted by Crippen LogP contribution is 2.29. The predicted molar refractivity (Wildman–Crippen MR) is 89.8 cm³/mol. The normalized spacial score (nSPS) is 11.4. The summed E-state index contributed by atoms with van der Waals surface area (Å²) in [6, 6.07) is 10.0. The van der Waals surface area contributed by atoms with Crippen LogP contribution >= 0.6 is 31.9 Å². The van der Waals surface area contributed by atoms with E-state index in [2.05, 4.69) is 36.6 Å². The number of aliphatic hydroxyl groups excluding tert-OH is 1. The van der Waals surface area contributed by atoms with Crippen LogP contribution in [-0.4, -0.2) is 13.5 Å². The summed E-state index contributed by atoms with van der Waals surface area (Å²) in [6.07, 6.45) is 0. The Morgan fingerprint density at radius 2 is 1.81 bits per heavy atom. The molecule has 0 atom stereocenters. The molecule has 0 spiro atoms. The zero-order chi connectivity index (χ0) is 15.6. The molecule has 112 valence electrons. The van der Waals surface area contributed by atoms with E-state index in [1.807, 2.05) is 13.0 Å². The maximum atomic E-state index is 12.5. The maximum absolute atomic E-state index is 12.5. The van der Waals surface area contributed by atoms with Crippen molar-refractivity contribution in [3.63, 3.8) is 0 Å². The zero-order valence-electron chi connectivity index (χ0n) is 11.1. The summed E-state index contributed by atoms with van der Waals surface area (Å²) in [6.45, 7) is 1.74. The largest absolute Gasteiger partial charge is 0.392 e. The van der Waals surface area contributed by atoms with E-state index >= 15 is 0 Å². The average Bonchev–Trinajstić information content (AvgIpc) is 2.42. The van der Waals surface area contributed by atoms with Gasteiger partial charge >= 0.3 is 0 Å². The summed E-state index contributed by atoms with van der Waals surface area (Å²) >= 11 is 6.55. The Morgan fingerprint density at radius 1 is 1.10 bits per heavy atom. The van der Waals surface area contributed by atoms with Crippen LogP contribution in [0.4, 0.5) is 5.69 Å². The zero-order valence-corrected chi connectivity index (χ0v) is 15.1. The number of aliphatic hydroxyl groups is 1. The highest BCUT2D eigenvalue weighted by molar-refractivity contribution is 9.11. The number of sulfonamides is 1. The van der Waals surface area contributed by atoms with Crippen LogP contribution in [0.3, 0.4) is 0 Å². The fourth-order valence-electron chi connectivity index (χ4n) is 1.78. The lowest BCUT2D eigenvalue weighted by atomic mass is 10.2. The number of rotatable bonds is 4. The molecule has 2 rings (SSSR count). The van der Waals surface area contributed by atoms with Crippen molar-refractivity contribution in [1.82, 2.24) is 0 Å². The van der Waals surface area contributed by atoms with E-state index in [1.165, 1.54) is 6.07 Å². The van der Waals surface area contributed by atoms with Gasteiger partial charge in [0.1, 0.15) is 4.90 Å². The minimum atomic E-state index is -3.72. The first-order valence-corrected chi connectivity index (χ1v) is 9.08. The van der Waals surface area contributed by atoms with Crippen LogP contribution < -0.4 is 4.72 Å². The number of aryl methyl sites for hydroxylation is 1. The summed E-state index contributed by atoms with van der Waals surface area (Å²) in [7, 11) is -3.72. The minimum Gasteiger partial charge on any atom is -0.392 e. The molecule has 2 N–H and O–H groups in total. The lowest BCUT2D eigenvalue weighted by Gasteiger charge is -2.12. The highest BCUT2D eigenvalue weighted by atomic mass is 79.9. The van der Waals surface area contributed by atoms with E-state index in [0.717, 1.165) is 5.56 Å². The van der Waals surface area contributed by atoms with Crippen molar-refractivity contribution in [2.75, 3.05) is 4.72 Å². The molecule has 0 aliphatic heterocycles. The van der Waals surface area contributed by atoms with E-state index in [0.29, 0.717) is 20.2 Å². The number of anilines is 1. The van der Waals surface area contributed by atoms with Crippen LogP contribution in [-0.2, 0) is 16.6 Å². The van der Waals surface area contributed by atoms with Gasteiger partial charge in [0.25, 0.3) is 10.0 Å². The molecule has 0 aliphatic carbocycles. The monoisotopic (exact) mass is 433 g/mol. The van der Waals surface area contributed by atoms with Crippen molar-refractivity contribution in [2.45, 2.75) is 18.4 Å². The SMILES string of the molecule is Cc1ccc(Br)c(NS(=O)(=O)c2ccc(CO)cc2Br)c1. The Kier molecular flexibility index (Phi) is 5.08. The van der Waals surface area contributed by atoms with Crippen molar-refractivity contribution in [3.05, 3.63) is 56.5 Å². The van der Waals surface area contributed by atoms with Gasteiger partial charge in [-0.1, -0.05) is 12.1 Å². The molecule has 2 aromatic rings. The van der Waals surface area contributed by atoms with Crippen LogP contribution in [0.1, 0.15) is 11.1 Å². The molecule has 0 amide bonds. The molecule has 4 nitrogen and oxygen atoms in total. The Labute approximate surface area is 140 Å². The summed E-state index contributed by atoms with van der Waals surface area (Å²) in [5, 5.41) is 9.07. The number of hydrogen-bond acceptors (Lipinski definition) is 3. The van der Waals surface area contributed by atoms with Crippen LogP contribution in [0.25, 0.3) is 0 Å². The van der Waals surface area contributed by atoms with E-state index < -0.39 is 10.0 Å². The van der Waals surface area contributed by atoms with E-state index in [4.69, 9.17) is 5.11 Å². The quantitative estimate of drug-likeness (QED) is 0.768. The molecule has 0 bridgehead atoms. The third-order valence-corrected chi connectivity index (χ3v) is 5.87. The Balaban J connectivity index is 2.41. The van der Waals surface area contributed by atoms with Gasteiger partial charge in [0.15, 0.2) is 0 Å². The number of benzene rings is 2. The Bertz CT molecular complexity index is 776. The van der Waals surface area contributed by atoms with Gasteiger partial charge in [-0.2, -0.15) is 0 Å². The molecule has 0 saturated heterocycles. The molecule has 21 heavy (non-hydrogen) atoms. The molecule has 0 radical (unpaired) electrons. The first kappa shape index (κ1) is 16.5. The highest BCUT2D eigenvalue weighted by Gasteiger charge is 2.19. The van der Waals surface area contributed by atoms with E-state index in [1.54, 1.807) is 24.3 Å². The van der Waals surface area contributed by atoms with Gasteiger partial charge in [-0.25, -0.2) is 8.42 Å². The minimum absolute atomic E-state index is 0.119. The van der Waals surface area contributed by atoms with Crippen LogP contribution in [0, 0.1) is 6.92 Å². The predicted octanol–water partition coefficient (Wildman–Crippen LogP) is 3.81. The molecule has 0 saturated carbocycles. The van der Waals surface area contributed by atoms with Crippen LogP contribution in [0.15, 0.2) is 50.2 Å². The number of halogens is 2. The van der Waals surface area contributed by atoms with Crippen LogP contribution in [0.2, 0.25) is 0 Å². The van der Waals surface area contributed by atoms with Gasteiger partial charge in [0.2, 0.25) is 0 Å².